The highest BCUT2D eigenvalue weighted by molar-refractivity contribution is 7.21. The van der Waals surface area contributed by atoms with Crippen LogP contribution < -0.4 is 10.6 Å². The Kier molecular flexibility index (Phi) is 7.09. The molecule has 0 radical (unpaired) electrons. The highest BCUT2D eigenvalue weighted by Gasteiger charge is 2.47. The summed E-state index contributed by atoms with van der Waals surface area (Å²) in [6, 6.07) is 10.2. The van der Waals surface area contributed by atoms with Crippen molar-refractivity contribution in [3.63, 3.8) is 0 Å². The molecule has 9 nitrogen and oxygen atoms in total. The van der Waals surface area contributed by atoms with Crippen molar-refractivity contribution < 1.29 is 14.9 Å². The second kappa shape index (κ2) is 10.3. The van der Waals surface area contributed by atoms with E-state index in [0.29, 0.717) is 47.5 Å². The van der Waals surface area contributed by atoms with Crippen molar-refractivity contribution >= 4 is 33.3 Å². The molecule has 0 amide bonds. The van der Waals surface area contributed by atoms with Crippen LogP contribution in [-0.4, -0.2) is 55.7 Å². The molecule has 0 saturated heterocycles. The van der Waals surface area contributed by atoms with Gasteiger partial charge in [-0.25, -0.2) is 9.97 Å². The van der Waals surface area contributed by atoms with Crippen LogP contribution in [0.4, 0.5) is 11.8 Å². The molecule has 5 rings (SSSR count). The van der Waals surface area contributed by atoms with Crippen molar-refractivity contribution in [1.82, 2.24) is 19.9 Å². The van der Waals surface area contributed by atoms with Crippen LogP contribution in [-0.2, 0) is 4.74 Å². The molecule has 1 aliphatic carbocycles. The van der Waals surface area contributed by atoms with Crippen LogP contribution in [0.5, 0.6) is 0 Å². The van der Waals surface area contributed by atoms with Gasteiger partial charge in [0.15, 0.2) is 5.72 Å². The van der Waals surface area contributed by atoms with Crippen molar-refractivity contribution in [2.24, 2.45) is 5.92 Å². The third-order valence-electron chi connectivity index (χ3n) is 6.96. The highest BCUT2D eigenvalue weighted by Crippen LogP contribution is 2.41. The lowest BCUT2D eigenvalue weighted by molar-refractivity contribution is -0.0574. The van der Waals surface area contributed by atoms with E-state index >= 15 is 0 Å². The van der Waals surface area contributed by atoms with Gasteiger partial charge in [-0.1, -0.05) is 29.8 Å². The Labute approximate surface area is 220 Å². The van der Waals surface area contributed by atoms with Gasteiger partial charge in [0.05, 0.1) is 34.8 Å². The predicted octanol–water partition coefficient (Wildman–Crippen LogP) is 4.46. The SMILES string of the molecule is COC[C@H]1CC[C@](O)(Nc2nc(N[C@H](C)c3ccc(C)cc3)nc(C)c2-c2nc3cnccc3s2)[C@@H]1O. The predicted molar refractivity (Wildman–Crippen MR) is 146 cm³/mol. The number of fused-ring (bicyclic) bond motifs is 1. The Morgan fingerprint density at radius 1 is 1.16 bits per heavy atom. The summed E-state index contributed by atoms with van der Waals surface area (Å²) in [4.78, 5) is 18.5. The fraction of sp³-hybridized carbons (Fsp3) is 0.407. The van der Waals surface area contributed by atoms with Crippen molar-refractivity contribution in [2.45, 2.75) is 51.5 Å². The molecule has 194 valence electrons. The van der Waals surface area contributed by atoms with Crippen molar-refractivity contribution in [3.05, 3.63) is 59.5 Å². The van der Waals surface area contributed by atoms with Crippen LogP contribution in [0.1, 0.15) is 42.6 Å². The number of aliphatic hydroxyl groups excluding tert-OH is 1. The zero-order chi connectivity index (χ0) is 26.2. The minimum absolute atomic E-state index is 0.0431. The first-order valence-electron chi connectivity index (χ1n) is 12.4. The largest absolute Gasteiger partial charge is 0.388 e. The Balaban J connectivity index is 1.54. The van der Waals surface area contributed by atoms with Crippen LogP contribution in [0.25, 0.3) is 20.8 Å². The molecule has 1 saturated carbocycles. The molecule has 3 heterocycles. The number of pyridine rings is 1. The summed E-state index contributed by atoms with van der Waals surface area (Å²) in [5.41, 5.74) is 2.91. The maximum Gasteiger partial charge on any atom is 0.225 e. The van der Waals surface area contributed by atoms with Crippen LogP contribution >= 0.6 is 11.3 Å². The summed E-state index contributed by atoms with van der Waals surface area (Å²) < 4.78 is 6.24. The topological polar surface area (TPSA) is 125 Å². The summed E-state index contributed by atoms with van der Waals surface area (Å²) in [5, 5.41) is 29.7. The van der Waals surface area contributed by atoms with Crippen molar-refractivity contribution in [1.29, 1.82) is 0 Å². The van der Waals surface area contributed by atoms with E-state index in [1.165, 1.54) is 16.9 Å². The van der Waals surface area contributed by atoms with Gasteiger partial charge in [-0.3, -0.25) is 4.98 Å². The van der Waals surface area contributed by atoms with E-state index in [9.17, 15) is 10.2 Å². The van der Waals surface area contributed by atoms with Crippen molar-refractivity contribution in [3.8, 4) is 10.6 Å². The summed E-state index contributed by atoms with van der Waals surface area (Å²) >= 11 is 1.51. The molecule has 1 aliphatic rings. The van der Waals surface area contributed by atoms with Gasteiger partial charge >= 0.3 is 0 Å². The highest BCUT2D eigenvalue weighted by atomic mass is 32.1. The summed E-state index contributed by atoms with van der Waals surface area (Å²) in [7, 11) is 1.60. The second-order valence-corrected chi connectivity index (χ2v) is 10.8. The molecule has 0 aliphatic heterocycles. The first kappa shape index (κ1) is 25.5. The summed E-state index contributed by atoms with van der Waals surface area (Å²) in [6.45, 7) is 6.38. The molecule has 37 heavy (non-hydrogen) atoms. The van der Waals surface area contributed by atoms with E-state index in [4.69, 9.17) is 19.7 Å². The Morgan fingerprint density at radius 3 is 2.68 bits per heavy atom. The van der Waals surface area contributed by atoms with E-state index in [-0.39, 0.29) is 12.0 Å². The number of benzene rings is 1. The Bertz CT molecular complexity index is 1360. The molecule has 10 heteroatoms. The fourth-order valence-corrected chi connectivity index (χ4v) is 5.86. The van der Waals surface area contributed by atoms with Gasteiger partial charge in [-0.05, 0) is 45.2 Å². The number of nitrogens with zero attached hydrogens (tertiary/aromatic N) is 4. The number of hydrogen-bond donors (Lipinski definition) is 4. The maximum atomic E-state index is 11.5. The lowest BCUT2D eigenvalue weighted by Gasteiger charge is -2.31. The average Bonchev–Trinajstić information content (AvgIpc) is 3.41. The van der Waals surface area contributed by atoms with Crippen LogP contribution in [0.3, 0.4) is 0 Å². The number of hydrogen-bond acceptors (Lipinski definition) is 10. The number of aryl methyl sites for hydroxylation is 2. The number of aliphatic hydroxyl groups is 2. The molecular weight excluding hydrogens is 488 g/mol. The number of methoxy groups -OCH3 is 1. The molecule has 4 N–H and O–H groups in total. The van der Waals surface area contributed by atoms with Gasteiger partial charge in [-0.15, -0.1) is 11.3 Å². The maximum absolute atomic E-state index is 11.5. The Morgan fingerprint density at radius 2 is 1.95 bits per heavy atom. The fourth-order valence-electron chi connectivity index (χ4n) is 4.83. The van der Waals surface area contributed by atoms with E-state index < -0.39 is 11.8 Å². The molecular formula is C27H32N6O3S. The van der Waals surface area contributed by atoms with Gasteiger partial charge in [0.25, 0.3) is 0 Å². The lowest BCUT2D eigenvalue weighted by Crippen LogP contribution is -2.48. The average molecular weight is 521 g/mol. The second-order valence-electron chi connectivity index (χ2n) is 9.74. The third-order valence-corrected chi connectivity index (χ3v) is 8.02. The minimum Gasteiger partial charge on any atom is -0.388 e. The number of rotatable bonds is 8. The van der Waals surface area contributed by atoms with Crippen molar-refractivity contribution in [2.75, 3.05) is 24.4 Å². The van der Waals surface area contributed by atoms with Gasteiger partial charge in [0.2, 0.25) is 5.95 Å². The number of nitrogens with one attached hydrogen (secondary N) is 2. The molecule has 4 aromatic rings. The Hall–Kier alpha value is -3.18. The first-order chi connectivity index (χ1) is 17.8. The van der Waals surface area contributed by atoms with Gasteiger partial charge in [-0.2, -0.15) is 4.98 Å². The zero-order valence-corrected chi connectivity index (χ0v) is 22.2. The monoisotopic (exact) mass is 520 g/mol. The zero-order valence-electron chi connectivity index (χ0n) is 21.4. The molecule has 0 unspecified atom stereocenters. The minimum atomic E-state index is -1.56. The number of anilines is 2. The van der Waals surface area contributed by atoms with Gasteiger partial charge in [0, 0.05) is 19.2 Å². The molecule has 3 aromatic heterocycles. The van der Waals surface area contributed by atoms with Crippen LogP contribution in [0.15, 0.2) is 42.7 Å². The number of thiazole rings is 1. The standard InChI is InChI=1S/C27H32N6O3S/c1-15-5-7-18(8-6-15)16(2)29-26-30-17(3)22(25-31-20-13-28-12-10-21(20)37-25)24(32-26)33-27(35)11-9-19(14-36-4)23(27)34/h5-8,10,12-13,16,19,23,34-35H,9,11,14H2,1-4H3,(H2,29,30,32,33)/t16-,19-,23-,27-/m1/s1. The van der Waals surface area contributed by atoms with Crippen LogP contribution in [0, 0.1) is 19.8 Å². The number of aromatic nitrogens is 4. The molecule has 4 atom stereocenters. The van der Waals surface area contributed by atoms with Gasteiger partial charge in [0.1, 0.15) is 22.4 Å². The van der Waals surface area contributed by atoms with E-state index in [1.807, 2.05) is 13.0 Å². The lowest BCUT2D eigenvalue weighted by atomic mass is 10.0. The third kappa shape index (κ3) is 5.15. The van der Waals surface area contributed by atoms with E-state index in [0.717, 1.165) is 15.8 Å². The molecule has 1 aromatic carbocycles. The summed E-state index contributed by atoms with van der Waals surface area (Å²) in [5.74, 6) is 0.656. The molecule has 0 bridgehead atoms. The summed E-state index contributed by atoms with van der Waals surface area (Å²) in [6.07, 6.45) is 3.43. The number of ether oxygens (including phenoxy) is 1. The first-order valence-corrected chi connectivity index (χ1v) is 13.2. The normalized spacial score (nSPS) is 22.3. The van der Waals surface area contributed by atoms with E-state index in [2.05, 4.69) is 53.7 Å². The van der Waals surface area contributed by atoms with Gasteiger partial charge < -0.3 is 25.6 Å². The molecule has 0 spiro atoms. The van der Waals surface area contributed by atoms with E-state index in [1.54, 1.807) is 19.5 Å². The smallest absolute Gasteiger partial charge is 0.225 e. The molecule has 1 fully saturated rings. The quantitative estimate of drug-likeness (QED) is 0.249. The van der Waals surface area contributed by atoms with Crippen LogP contribution in [0.2, 0.25) is 0 Å².